The second-order valence-corrected chi connectivity index (χ2v) is 5.95. The SMILES string of the molecule is O=C(Nc1ccn(Cc2ccc(F)cc2)n1)c1ccc(Cn2cccn2)o1. The fourth-order valence-corrected chi connectivity index (χ4v) is 2.61. The van der Waals surface area contributed by atoms with E-state index in [1.165, 1.54) is 12.1 Å². The van der Waals surface area contributed by atoms with Crippen LogP contribution in [0.25, 0.3) is 0 Å². The number of rotatable bonds is 6. The van der Waals surface area contributed by atoms with Crippen LogP contribution in [-0.4, -0.2) is 25.5 Å². The van der Waals surface area contributed by atoms with Gasteiger partial charge in [0.1, 0.15) is 11.6 Å². The maximum atomic E-state index is 13.0. The van der Waals surface area contributed by atoms with Crippen LogP contribution in [-0.2, 0) is 13.1 Å². The molecule has 0 aliphatic rings. The van der Waals surface area contributed by atoms with Crippen LogP contribution in [0.1, 0.15) is 21.9 Å². The highest BCUT2D eigenvalue weighted by Crippen LogP contribution is 2.13. The number of aromatic nitrogens is 4. The van der Waals surface area contributed by atoms with Gasteiger partial charge in [0, 0.05) is 24.7 Å². The monoisotopic (exact) mass is 365 g/mol. The summed E-state index contributed by atoms with van der Waals surface area (Å²) in [7, 11) is 0. The number of carbonyl (C=O) groups is 1. The van der Waals surface area contributed by atoms with Gasteiger partial charge in [-0.2, -0.15) is 10.2 Å². The Kier molecular flexibility index (Phi) is 4.52. The maximum absolute atomic E-state index is 13.0. The van der Waals surface area contributed by atoms with Crippen LogP contribution in [0.2, 0.25) is 0 Å². The molecule has 0 aliphatic heterocycles. The minimum Gasteiger partial charge on any atom is -0.454 e. The van der Waals surface area contributed by atoms with E-state index in [9.17, 15) is 9.18 Å². The van der Waals surface area contributed by atoms with Crippen molar-refractivity contribution in [3.05, 3.63) is 90.0 Å². The number of furan rings is 1. The third kappa shape index (κ3) is 4.12. The van der Waals surface area contributed by atoms with E-state index in [0.29, 0.717) is 24.7 Å². The van der Waals surface area contributed by atoms with Gasteiger partial charge in [0.15, 0.2) is 11.6 Å². The first kappa shape index (κ1) is 16.8. The zero-order valence-corrected chi connectivity index (χ0v) is 14.2. The summed E-state index contributed by atoms with van der Waals surface area (Å²) in [6.07, 6.45) is 5.24. The van der Waals surface area contributed by atoms with Crippen LogP contribution in [0.4, 0.5) is 10.2 Å². The van der Waals surface area contributed by atoms with E-state index in [-0.39, 0.29) is 17.5 Å². The Bertz CT molecular complexity index is 1030. The highest BCUT2D eigenvalue weighted by Gasteiger charge is 2.13. The van der Waals surface area contributed by atoms with Crippen molar-refractivity contribution in [1.29, 1.82) is 0 Å². The lowest BCUT2D eigenvalue weighted by Gasteiger charge is -2.02. The van der Waals surface area contributed by atoms with Gasteiger partial charge in [-0.05, 0) is 35.9 Å². The summed E-state index contributed by atoms with van der Waals surface area (Å²) in [5.74, 6) is 0.578. The van der Waals surface area contributed by atoms with Gasteiger partial charge in [-0.3, -0.25) is 14.2 Å². The van der Waals surface area contributed by atoms with Gasteiger partial charge in [0.25, 0.3) is 5.91 Å². The Labute approximate surface area is 154 Å². The molecule has 0 unspecified atom stereocenters. The standard InChI is InChI=1S/C19H16FN5O2/c20-15-4-2-14(3-5-15)12-25-11-8-18(23-25)22-19(26)17-7-6-16(27-17)13-24-10-1-9-21-24/h1-11H,12-13H2,(H,22,23,26). The minimum absolute atomic E-state index is 0.199. The molecule has 0 atom stereocenters. The van der Waals surface area contributed by atoms with E-state index >= 15 is 0 Å². The number of anilines is 1. The van der Waals surface area contributed by atoms with Gasteiger partial charge in [-0.25, -0.2) is 4.39 Å². The molecule has 27 heavy (non-hydrogen) atoms. The molecule has 0 bridgehead atoms. The van der Waals surface area contributed by atoms with Gasteiger partial charge >= 0.3 is 0 Å². The average Bonchev–Trinajstić information content (AvgIpc) is 3.40. The largest absolute Gasteiger partial charge is 0.454 e. The first-order valence-electron chi connectivity index (χ1n) is 8.31. The summed E-state index contributed by atoms with van der Waals surface area (Å²) < 4.78 is 21.9. The second-order valence-electron chi connectivity index (χ2n) is 5.95. The molecular weight excluding hydrogens is 349 g/mol. The number of hydrogen-bond donors (Lipinski definition) is 1. The summed E-state index contributed by atoms with van der Waals surface area (Å²) in [6, 6.07) is 13.1. The molecule has 1 aromatic carbocycles. The van der Waals surface area contributed by atoms with Crippen molar-refractivity contribution in [2.24, 2.45) is 0 Å². The fraction of sp³-hybridized carbons (Fsp3) is 0.105. The Balaban J connectivity index is 1.38. The topological polar surface area (TPSA) is 77.9 Å². The predicted molar refractivity (Wildman–Crippen MR) is 95.7 cm³/mol. The van der Waals surface area contributed by atoms with E-state index in [2.05, 4.69) is 15.5 Å². The van der Waals surface area contributed by atoms with Crippen LogP contribution in [0.5, 0.6) is 0 Å². The molecule has 1 N–H and O–H groups in total. The van der Waals surface area contributed by atoms with Crippen LogP contribution in [0, 0.1) is 5.82 Å². The van der Waals surface area contributed by atoms with E-state index in [1.807, 2.05) is 12.3 Å². The first-order chi connectivity index (χ1) is 13.2. The minimum atomic E-state index is -0.381. The molecule has 0 radical (unpaired) electrons. The number of nitrogens with one attached hydrogen (secondary N) is 1. The molecule has 0 spiro atoms. The highest BCUT2D eigenvalue weighted by molar-refractivity contribution is 6.01. The van der Waals surface area contributed by atoms with Crippen molar-refractivity contribution >= 4 is 11.7 Å². The van der Waals surface area contributed by atoms with Gasteiger partial charge < -0.3 is 9.73 Å². The molecule has 8 heteroatoms. The molecule has 1 amide bonds. The summed E-state index contributed by atoms with van der Waals surface area (Å²) in [4.78, 5) is 12.3. The van der Waals surface area contributed by atoms with Crippen LogP contribution >= 0.6 is 0 Å². The molecule has 3 aromatic heterocycles. The number of carbonyl (C=O) groups excluding carboxylic acids is 1. The van der Waals surface area contributed by atoms with Crippen molar-refractivity contribution in [3.63, 3.8) is 0 Å². The normalized spacial score (nSPS) is 10.9. The molecular formula is C19H16FN5O2. The molecule has 3 heterocycles. The zero-order chi connectivity index (χ0) is 18.6. The van der Waals surface area contributed by atoms with E-state index in [0.717, 1.165) is 5.56 Å². The molecule has 4 rings (SSSR count). The average molecular weight is 365 g/mol. The Morgan fingerprint density at radius 2 is 1.89 bits per heavy atom. The molecule has 0 saturated heterocycles. The van der Waals surface area contributed by atoms with Gasteiger partial charge in [0.05, 0.1) is 13.1 Å². The smallest absolute Gasteiger partial charge is 0.292 e. The van der Waals surface area contributed by atoms with Crippen LogP contribution in [0.15, 0.2) is 71.5 Å². The van der Waals surface area contributed by atoms with Gasteiger partial charge in [0.2, 0.25) is 0 Å². The summed E-state index contributed by atoms with van der Waals surface area (Å²) >= 11 is 0. The second kappa shape index (κ2) is 7.28. The Morgan fingerprint density at radius 3 is 2.67 bits per heavy atom. The quantitative estimate of drug-likeness (QED) is 0.569. The molecule has 0 fully saturated rings. The zero-order valence-electron chi connectivity index (χ0n) is 14.2. The van der Waals surface area contributed by atoms with Crippen molar-refractivity contribution in [2.75, 3.05) is 5.32 Å². The first-order valence-corrected chi connectivity index (χ1v) is 8.31. The molecule has 0 saturated carbocycles. The highest BCUT2D eigenvalue weighted by atomic mass is 19.1. The maximum Gasteiger partial charge on any atom is 0.292 e. The van der Waals surface area contributed by atoms with Gasteiger partial charge in [-0.1, -0.05) is 12.1 Å². The van der Waals surface area contributed by atoms with Crippen molar-refractivity contribution in [2.45, 2.75) is 13.1 Å². The summed E-state index contributed by atoms with van der Waals surface area (Å²) in [5, 5.41) is 11.1. The van der Waals surface area contributed by atoms with Crippen molar-refractivity contribution < 1.29 is 13.6 Å². The predicted octanol–water partition coefficient (Wildman–Crippen LogP) is 3.16. The van der Waals surface area contributed by atoms with Crippen LogP contribution in [0.3, 0.4) is 0 Å². The number of benzene rings is 1. The number of nitrogens with zero attached hydrogens (tertiary/aromatic N) is 4. The number of halogens is 1. The van der Waals surface area contributed by atoms with Crippen LogP contribution < -0.4 is 5.32 Å². The molecule has 136 valence electrons. The molecule has 7 nitrogen and oxygen atoms in total. The van der Waals surface area contributed by atoms with Crippen molar-refractivity contribution in [3.8, 4) is 0 Å². The summed E-state index contributed by atoms with van der Waals surface area (Å²) in [5.41, 5.74) is 0.909. The van der Waals surface area contributed by atoms with Gasteiger partial charge in [-0.15, -0.1) is 0 Å². The lowest BCUT2D eigenvalue weighted by molar-refractivity contribution is 0.0994. The summed E-state index contributed by atoms with van der Waals surface area (Å²) in [6.45, 7) is 0.928. The molecule has 0 aliphatic carbocycles. The third-order valence-electron chi connectivity index (χ3n) is 3.90. The lowest BCUT2D eigenvalue weighted by atomic mass is 10.2. The molecule has 4 aromatic rings. The van der Waals surface area contributed by atoms with Crippen molar-refractivity contribution in [1.82, 2.24) is 19.6 Å². The lowest BCUT2D eigenvalue weighted by Crippen LogP contribution is -2.12. The Hall–Kier alpha value is -3.68. The van der Waals surface area contributed by atoms with E-state index in [1.54, 1.807) is 52.1 Å². The number of amides is 1. The third-order valence-corrected chi connectivity index (χ3v) is 3.90. The van der Waals surface area contributed by atoms with E-state index < -0.39 is 0 Å². The fourth-order valence-electron chi connectivity index (χ4n) is 2.61. The van der Waals surface area contributed by atoms with E-state index in [4.69, 9.17) is 4.42 Å². The number of hydrogen-bond acceptors (Lipinski definition) is 4. The Morgan fingerprint density at radius 1 is 1.04 bits per heavy atom.